The van der Waals surface area contributed by atoms with Crippen LogP contribution >= 0.6 is 0 Å². The smallest absolute Gasteiger partial charge is 0.326 e. The highest BCUT2D eigenvalue weighted by molar-refractivity contribution is 5.82. The van der Waals surface area contributed by atoms with Crippen molar-refractivity contribution in [3.63, 3.8) is 0 Å². The molecule has 102 valence electrons. The number of likely N-dealkylation sites (tertiary alicyclic amines) is 1. The zero-order valence-corrected chi connectivity index (χ0v) is 11.1. The van der Waals surface area contributed by atoms with E-state index in [0.29, 0.717) is 12.5 Å². The highest BCUT2D eigenvalue weighted by Gasteiger charge is 2.30. The van der Waals surface area contributed by atoms with Gasteiger partial charge in [-0.25, -0.2) is 9.59 Å². The van der Waals surface area contributed by atoms with Gasteiger partial charge in [0.15, 0.2) is 0 Å². The maximum Gasteiger partial charge on any atom is 0.326 e. The summed E-state index contributed by atoms with van der Waals surface area (Å²) in [5.41, 5.74) is 0. The van der Waals surface area contributed by atoms with Crippen molar-refractivity contribution in [1.82, 2.24) is 10.2 Å². The molecule has 0 aliphatic carbocycles. The van der Waals surface area contributed by atoms with Gasteiger partial charge in [0.1, 0.15) is 6.04 Å². The van der Waals surface area contributed by atoms with Crippen molar-refractivity contribution in [2.45, 2.75) is 45.2 Å². The van der Waals surface area contributed by atoms with Crippen LogP contribution in [0.2, 0.25) is 0 Å². The van der Waals surface area contributed by atoms with Crippen molar-refractivity contribution in [1.29, 1.82) is 0 Å². The minimum atomic E-state index is -1.03. The Morgan fingerprint density at radius 2 is 2.22 bits per heavy atom. The molecule has 3 unspecified atom stereocenters. The first-order valence-electron chi connectivity index (χ1n) is 6.38. The number of carboxylic acid groups (broad SMARTS) is 1. The van der Waals surface area contributed by atoms with Gasteiger partial charge in [0.2, 0.25) is 0 Å². The Labute approximate surface area is 108 Å². The van der Waals surface area contributed by atoms with Crippen LogP contribution in [0.25, 0.3) is 0 Å². The van der Waals surface area contributed by atoms with Gasteiger partial charge in [0.05, 0.1) is 0 Å². The van der Waals surface area contributed by atoms with Gasteiger partial charge in [-0.1, -0.05) is 13.0 Å². The predicted octanol–water partition coefficient (Wildman–Crippen LogP) is 1.85. The Kier molecular flexibility index (Phi) is 5.19. The Hall–Kier alpha value is -1.52. The molecule has 18 heavy (non-hydrogen) atoms. The first-order chi connectivity index (χ1) is 8.47. The summed E-state index contributed by atoms with van der Waals surface area (Å²) in [5, 5.41) is 11.5. The Balaban J connectivity index is 2.62. The number of aliphatic carboxylic acids is 1. The monoisotopic (exact) mass is 254 g/mol. The summed E-state index contributed by atoms with van der Waals surface area (Å²) in [7, 11) is 0. The average Bonchev–Trinajstić information content (AvgIpc) is 2.31. The van der Waals surface area contributed by atoms with Gasteiger partial charge in [-0.05, 0) is 32.1 Å². The maximum absolute atomic E-state index is 12.1. The molecule has 0 saturated carbocycles. The van der Waals surface area contributed by atoms with Gasteiger partial charge < -0.3 is 15.3 Å². The molecule has 1 aliphatic rings. The minimum Gasteiger partial charge on any atom is -0.480 e. The quantitative estimate of drug-likeness (QED) is 0.752. The van der Waals surface area contributed by atoms with E-state index in [0.717, 1.165) is 12.8 Å². The molecule has 5 nitrogen and oxygen atoms in total. The molecule has 1 saturated heterocycles. The van der Waals surface area contributed by atoms with E-state index in [9.17, 15) is 9.59 Å². The number of urea groups is 1. The number of nitrogens with zero attached hydrogens (tertiary/aromatic N) is 1. The standard InChI is InChI=1S/C13H22N2O3/c1-4-6-11(12(16)17)14-13(18)15-8-5-7-9(2)10(15)3/h4,9-11H,1,5-8H2,2-3H3,(H,14,18)(H,16,17). The van der Waals surface area contributed by atoms with Crippen LogP contribution in [-0.2, 0) is 4.79 Å². The number of hydrogen-bond donors (Lipinski definition) is 2. The van der Waals surface area contributed by atoms with Crippen molar-refractivity contribution < 1.29 is 14.7 Å². The number of amides is 2. The Morgan fingerprint density at radius 3 is 2.78 bits per heavy atom. The molecule has 1 fully saturated rings. The Bertz CT molecular complexity index is 330. The third kappa shape index (κ3) is 3.48. The molecule has 3 atom stereocenters. The SMILES string of the molecule is C=CCC(NC(=O)N1CCCC(C)C1C)C(=O)O. The summed E-state index contributed by atoms with van der Waals surface area (Å²) < 4.78 is 0. The van der Waals surface area contributed by atoms with E-state index in [1.807, 2.05) is 6.92 Å². The third-order valence-corrected chi connectivity index (χ3v) is 3.63. The molecule has 0 spiro atoms. The first kappa shape index (κ1) is 14.5. The van der Waals surface area contributed by atoms with E-state index >= 15 is 0 Å². The zero-order valence-electron chi connectivity index (χ0n) is 11.1. The molecule has 0 aromatic heterocycles. The zero-order chi connectivity index (χ0) is 13.7. The summed E-state index contributed by atoms with van der Waals surface area (Å²) in [4.78, 5) is 24.8. The second kappa shape index (κ2) is 6.42. The van der Waals surface area contributed by atoms with Crippen molar-refractivity contribution >= 4 is 12.0 Å². The van der Waals surface area contributed by atoms with Crippen LogP contribution in [0.3, 0.4) is 0 Å². The number of rotatable bonds is 4. The molecule has 2 amide bonds. The molecule has 2 N–H and O–H groups in total. The summed E-state index contributed by atoms with van der Waals surface area (Å²) in [6.45, 7) is 8.31. The normalized spacial score (nSPS) is 25.3. The fourth-order valence-electron chi connectivity index (χ4n) is 2.24. The lowest BCUT2D eigenvalue weighted by molar-refractivity contribution is -0.139. The highest BCUT2D eigenvalue weighted by Crippen LogP contribution is 2.22. The third-order valence-electron chi connectivity index (χ3n) is 3.63. The van der Waals surface area contributed by atoms with E-state index in [1.54, 1.807) is 4.90 Å². The average molecular weight is 254 g/mol. The minimum absolute atomic E-state index is 0.150. The molecule has 0 aromatic carbocycles. The number of carbonyl (C=O) groups excluding carboxylic acids is 1. The number of piperidine rings is 1. The van der Waals surface area contributed by atoms with Crippen LogP contribution in [-0.4, -0.2) is 40.6 Å². The van der Waals surface area contributed by atoms with Crippen LogP contribution in [0.1, 0.15) is 33.1 Å². The predicted molar refractivity (Wildman–Crippen MR) is 69.3 cm³/mol. The lowest BCUT2D eigenvalue weighted by Gasteiger charge is -2.38. The van der Waals surface area contributed by atoms with E-state index in [2.05, 4.69) is 18.8 Å². The molecular weight excluding hydrogens is 232 g/mol. The van der Waals surface area contributed by atoms with Crippen LogP contribution < -0.4 is 5.32 Å². The first-order valence-corrected chi connectivity index (χ1v) is 6.38. The highest BCUT2D eigenvalue weighted by atomic mass is 16.4. The summed E-state index contributed by atoms with van der Waals surface area (Å²) in [6.07, 6.45) is 3.82. The second-order valence-electron chi connectivity index (χ2n) is 4.92. The van der Waals surface area contributed by atoms with Crippen LogP contribution in [0, 0.1) is 5.92 Å². The van der Waals surface area contributed by atoms with Crippen LogP contribution in [0.15, 0.2) is 12.7 Å². The lowest BCUT2D eigenvalue weighted by atomic mass is 9.92. The maximum atomic E-state index is 12.1. The molecule has 1 rings (SSSR count). The molecule has 1 heterocycles. The molecule has 1 aliphatic heterocycles. The van der Waals surface area contributed by atoms with Gasteiger partial charge in [0, 0.05) is 12.6 Å². The van der Waals surface area contributed by atoms with Crippen molar-refractivity contribution in [3.05, 3.63) is 12.7 Å². The summed E-state index contributed by atoms with van der Waals surface area (Å²) >= 11 is 0. The number of nitrogens with one attached hydrogen (secondary N) is 1. The van der Waals surface area contributed by atoms with Crippen molar-refractivity contribution in [3.8, 4) is 0 Å². The number of hydrogen-bond acceptors (Lipinski definition) is 2. The van der Waals surface area contributed by atoms with E-state index in [1.165, 1.54) is 6.08 Å². The van der Waals surface area contributed by atoms with Crippen molar-refractivity contribution in [2.75, 3.05) is 6.54 Å². The van der Waals surface area contributed by atoms with Gasteiger partial charge in [-0.2, -0.15) is 0 Å². The van der Waals surface area contributed by atoms with Gasteiger partial charge in [0.25, 0.3) is 0 Å². The van der Waals surface area contributed by atoms with E-state index in [-0.39, 0.29) is 18.5 Å². The van der Waals surface area contributed by atoms with Crippen LogP contribution in [0.4, 0.5) is 4.79 Å². The van der Waals surface area contributed by atoms with Crippen LogP contribution in [0.5, 0.6) is 0 Å². The molecule has 0 bridgehead atoms. The molecule has 0 radical (unpaired) electrons. The molecule has 5 heteroatoms. The Morgan fingerprint density at radius 1 is 1.56 bits per heavy atom. The number of carbonyl (C=O) groups is 2. The largest absolute Gasteiger partial charge is 0.480 e. The summed E-state index contributed by atoms with van der Waals surface area (Å²) in [6, 6.07) is -1.03. The van der Waals surface area contributed by atoms with Gasteiger partial charge >= 0.3 is 12.0 Å². The fraction of sp³-hybridized carbons (Fsp3) is 0.692. The topological polar surface area (TPSA) is 69.6 Å². The molecule has 0 aromatic rings. The van der Waals surface area contributed by atoms with Crippen molar-refractivity contribution in [2.24, 2.45) is 5.92 Å². The summed E-state index contributed by atoms with van der Waals surface area (Å²) in [5.74, 6) is -0.576. The van der Waals surface area contributed by atoms with E-state index in [4.69, 9.17) is 5.11 Å². The number of carboxylic acids is 1. The molecular formula is C13H22N2O3. The van der Waals surface area contributed by atoms with E-state index < -0.39 is 12.0 Å². The van der Waals surface area contributed by atoms with Gasteiger partial charge in [-0.3, -0.25) is 0 Å². The van der Waals surface area contributed by atoms with Gasteiger partial charge in [-0.15, -0.1) is 6.58 Å². The lowest BCUT2D eigenvalue weighted by Crippen LogP contribution is -2.53. The second-order valence-corrected chi connectivity index (χ2v) is 4.92. The fourth-order valence-corrected chi connectivity index (χ4v) is 2.24.